The van der Waals surface area contributed by atoms with Crippen molar-refractivity contribution in [1.82, 2.24) is 30.1 Å². The molecule has 0 saturated carbocycles. The van der Waals surface area contributed by atoms with Gasteiger partial charge in [-0.05, 0) is 45.0 Å². The molecule has 2 saturated heterocycles. The number of carbonyl (C=O) groups is 1. The zero-order chi connectivity index (χ0) is 24.0. The van der Waals surface area contributed by atoms with Crippen LogP contribution in [0.5, 0.6) is 5.88 Å². The molecule has 2 atom stereocenters. The third-order valence-electron chi connectivity index (χ3n) is 6.36. The molecule has 5 rings (SSSR count). The summed E-state index contributed by atoms with van der Waals surface area (Å²) in [5, 5.41) is 3.40. The number of likely N-dealkylation sites (N-methyl/N-ethyl adjacent to an activating group) is 1. The Labute approximate surface area is 205 Å². The zero-order valence-corrected chi connectivity index (χ0v) is 20.0. The number of rotatable bonds is 8. The van der Waals surface area contributed by atoms with Crippen LogP contribution in [0.3, 0.4) is 0 Å². The van der Waals surface area contributed by atoms with E-state index in [2.05, 4.69) is 37.2 Å². The molecule has 2 aromatic rings. The van der Waals surface area contributed by atoms with Crippen LogP contribution < -0.4 is 10.1 Å². The summed E-state index contributed by atoms with van der Waals surface area (Å²) in [6.45, 7) is 3.81. The van der Waals surface area contributed by atoms with Crippen molar-refractivity contribution in [1.29, 1.82) is 0 Å². The summed E-state index contributed by atoms with van der Waals surface area (Å²) in [4.78, 5) is 33.9. The Hall–Kier alpha value is -3.37. The fourth-order valence-electron chi connectivity index (χ4n) is 4.50. The van der Waals surface area contributed by atoms with Gasteiger partial charge < -0.3 is 19.7 Å². The maximum absolute atomic E-state index is 12.2. The highest BCUT2D eigenvalue weighted by Crippen LogP contribution is 2.21. The van der Waals surface area contributed by atoms with Gasteiger partial charge in [-0.25, -0.2) is 14.8 Å². The Bertz CT molecular complexity index is 1110. The van der Waals surface area contributed by atoms with Crippen molar-refractivity contribution in [3.05, 3.63) is 48.7 Å². The molecule has 2 fully saturated rings. The number of amidine groups is 1. The molecule has 0 bridgehead atoms. The summed E-state index contributed by atoms with van der Waals surface area (Å²) in [5.74, 6) is 1.34. The number of pyridine rings is 1. The Balaban J connectivity index is 1.11. The second-order valence-corrected chi connectivity index (χ2v) is 9.12. The molecule has 2 aromatic heterocycles. The highest BCUT2D eigenvalue weighted by atomic mass is 16.6. The molecule has 3 aliphatic heterocycles. The SMILES string of the molecule is CN1CC[C@H](Oc2cncc(-c3ccnc(CNCC[C@H]4CN(C5=NC=CCC5)C(=O)O4)c3)n2)C1. The molecule has 1 N–H and O–H groups in total. The Kier molecular flexibility index (Phi) is 7.29. The molecule has 3 aliphatic rings. The third-order valence-corrected chi connectivity index (χ3v) is 6.36. The van der Waals surface area contributed by atoms with E-state index in [1.165, 1.54) is 0 Å². The van der Waals surface area contributed by atoms with Gasteiger partial charge >= 0.3 is 6.09 Å². The van der Waals surface area contributed by atoms with E-state index in [1.807, 2.05) is 18.2 Å². The minimum Gasteiger partial charge on any atom is -0.472 e. The lowest BCUT2D eigenvalue weighted by molar-refractivity contribution is 0.132. The van der Waals surface area contributed by atoms with Crippen molar-refractivity contribution >= 4 is 11.9 Å². The maximum atomic E-state index is 12.2. The van der Waals surface area contributed by atoms with Gasteiger partial charge in [-0.3, -0.25) is 14.9 Å². The molecular formula is C25H31N7O3. The molecule has 5 heterocycles. The van der Waals surface area contributed by atoms with E-state index >= 15 is 0 Å². The minimum absolute atomic E-state index is 0.138. The quantitative estimate of drug-likeness (QED) is 0.579. The lowest BCUT2D eigenvalue weighted by Crippen LogP contribution is -2.33. The van der Waals surface area contributed by atoms with Crippen molar-refractivity contribution < 1.29 is 14.3 Å². The molecule has 35 heavy (non-hydrogen) atoms. The predicted octanol–water partition coefficient (Wildman–Crippen LogP) is 2.63. The summed E-state index contributed by atoms with van der Waals surface area (Å²) in [5.41, 5.74) is 2.61. The van der Waals surface area contributed by atoms with E-state index in [0.717, 1.165) is 61.6 Å². The van der Waals surface area contributed by atoms with Gasteiger partial charge in [-0.1, -0.05) is 6.08 Å². The number of hydrogen-bond donors (Lipinski definition) is 1. The topological polar surface area (TPSA) is 105 Å². The Morgan fingerprint density at radius 3 is 3.06 bits per heavy atom. The van der Waals surface area contributed by atoms with Crippen LogP contribution in [0.2, 0.25) is 0 Å². The first-order chi connectivity index (χ1) is 17.1. The average Bonchev–Trinajstić information content (AvgIpc) is 3.47. The van der Waals surface area contributed by atoms with E-state index in [9.17, 15) is 4.79 Å². The first-order valence-corrected chi connectivity index (χ1v) is 12.2. The number of hydrogen-bond acceptors (Lipinski definition) is 9. The molecule has 0 spiro atoms. The van der Waals surface area contributed by atoms with Crippen molar-refractivity contribution in [2.24, 2.45) is 4.99 Å². The second-order valence-electron chi connectivity index (χ2n) is 9.12. The first-order valence-electron chi connectivity index (χ1n) is 12.2. The van der Waals surface area contributed by atoms with Crippen LogP contribution in [-0.2, 0) is 11.3 Å². The fraction of sp³-hybridized carbons (Fsp3) is 0.480. The Morgan fingerprint density at radius 1 is 1.29 bits per heavy atom. The molecule has 10 heteroatoms. The van der Waals surface area contributed by atoms with Crippen molar-refractivity contribution in [2.45, 2.75) is 44.4 Å². The van der Waals surface area contributed by atoms with Crippen LogP contribution >= 0.6 is 0 Å². The summed E-state index contributed by atoms with van der Waals surface area (Å²) < 4.78 is 11.5. The largest absolute Gasteiger partial charge is 0.472 e. The van der Waals surface area contributed by atoms with Crippen molar-refractivity contribution in [3.8, 4) is 17.1 Å². The molecule has 0 unspecified atom stereocenters. The standard InChI is InChI=1S/C25H31N7O3/c1-31-11-7-21(16-31)34-24-15-27-14-22(30-24)18-5-10-28-19(12-18)13-26-9-6-20-17-32(25(33)35-20)23-4-2-3-8-29-23/h3,5,8,10,12,14-15,20-21,26H,2,4,6-7,9,11,13,16-17H2,1H3/t20-,21-/m0/s1. The van der Waals surface area contributed by atoms with Gasteiger partial charge in [0.2, 0.25) is 5.88 Å². The van der Waals surface area contributed by atoms with Crippen LogP contribution in [0.1, 0.15) is 31.4 Å². The van der Waals surface area contributed by atoms with Gasteiger partial charge in [0.1, 0.15) is 18.0 Å². The van der Waals surface area contributed by atoms with Gasteiger partial charge in [0, 0.05) is 44.0 Å². The highest BCUT2D eigenvalue weighted by molar-refractivity contribution is 5.97. The van der Waals surface area contributed by atoms with Gasteiger partial charge in [-0.2, -0.15) is 0 Å². The molecule has 0 radical (unpaired) electrons. The van der Waals surface area contributed by atoms with Crippen LogP contribution in [0.15, 0.2) is 48.0 Å². The normalized spacial score (nSPS) is 22.4. The molecule has 184 valence electrons. The smallest absolute Gasteiger partial charge is 0.415 e. The lowest BCUT2D eigenvalue weighted by Gasteiger charge is -2.16. The number of nitrogens with one attached hydrogen (secondary N) is 1. The van der Waals surface area contributed by atoms with Crippen LogP contribution in [-0.4, -0.2) is 82.1 Å². The number of carbonyl (C=O) groups excluding carboxylic acids is 1. The number of ether oxygens (including phenoxy) is 2. The Morgan fingerprint density at radius 2 is 2.23 bits per heavy atom. The van der Waals surface area contributed by atoms with Gasteiger partial charge in [-0.15, -0.1) is 0 Å². The maximum Gasteiger partial charge on any atom is 0.415 e. The average molecular weight is 478 g/mol. The lowest BCUT2D eigenvalue weighted by atomic mass is 10.1. The number of cyclic esters (lactones) is 1. The monoisotopic (exact) mass is 477 g/mol. The zero-order valence-electron chi connectivity index (χ0n) is 20.0. The number of aliphatic imine (C=N–C) groups is 1. The van der Waals surface area contributed by atoms with E-state index in [0.29, 0.717) is 25.5 Å². The van der Waals surface area contributed by atoms with Crippen LogP contribution in [0.4, 0.5) is 4.79 Å². The summed E-state index contributed by atoms with van der Waals surface area (Å²) in [6, 6.07) is 3.94. The highest BCUT2D eigenvalue weighted by Gasteiger charge is 2.33. The third kappa shape index (κ3) is 6.01. The van der Waals surface area contributed by atoms with Gasteiger partial charge in [0.25, 0.3) is 0 Å². The molecule has 0 aromatic carbocycles. The van der Waals surface area contributed by atoms with E-state index in [1.54, 1.807) is 29.7 Å². The molecule has 10 nitrogen and oxygen atoms in total. The number of nitrogens with zero attached hydrogens (tertiary/aromatic N) is 6. The molecule has 1 amide bonds. The first kappa shape index (κ1) is 23.4. The predicted molar refractivity (Wildman–Crippen MR) is 131 cm³/mol. The number of amides is 1. The van der Waals surface area contributed by atoms with Crippen molar-refractivity contribution in [3.63, 3.8) is 0 Å². The number of aromatic nitrogens is 3. The molecular weight excluding hydrogens is 446 g/mol. The van der Waals surface area contributed by atoms with Crippen molar-refractivity contribution in [2.75, 3.05) is 33.2 Å². The van der Waals surface area contributed by atoms with Gasteiger partial charge in [0.15, 0.2) is 0 Å². The summed E-state index contributed by atoms with van der Waals surface area (Å²) in [6.07, 6.45) is 12.1. The molecule has 0 aliphatic carbocycles. The van der Waals surface area contributed by atoms with Gasteiger partial charge in [0.05, 0.1) is 30.3 Å². The fourth-order valence-corrected chi connectivity index (χ4v) is 4.50. The summed E-state index contributed by atoms with van der Waals surface area (Å²) in [7, 11) is 2.09. The minimum atomic E-state index is -0.300. The number of likely N-dealkylation sites (tertiary alicyclic amines) is 1. The van der Waals surface area contributed by atoms with E-state index < -0.39 is 0 Å². The summed E-state index contributed by atoms with van der Waals surface area (Å²) >= 11 is 0. The second kappa shape index (κ2) is 10.9. The van der Waals surface area contributed by atoms with E-state index in [-0.39, 0.29) is 18.3 Å². The van der Waals surface area contributed by atoms with E-state index in [4.69, 9.17) is 9.47 Å². The van der Waals surface area contributed by atoms with Crippen LogP contribution in [0.25, 0.3) is 11.3 Å². The number of allylic oxidation sites excluding steroid dienone is 1. The van der Waals surface area contributed by atoms with Crippen LogP contribution in [0, 0.1) is 0 Å².